The molecule has 74 valence electrons. The van der Waals surface area contributed by atoms with E-state index in [-0.39, 0.29) is 5.56 Å². The van der Waals surface area contributed by atoms with Gasteiger partial charge in [-0.3, -0.25) is 4.79 Å². The number of fused-ring (bicyclic) bond motifs is 1. The minimum atomic E-state index is -0.152. The first-order valence-corrected chi connectivity index (χ1v) is 4.60. The summed E-state index contributed by atoms with van der Waals surface area (Å²) in [6.45, 7) is 2.67. The number of imidazole rings is 1. The van der Waals surface area contributed by atoms with E-state index in [4.69, 9.17) is 0 Å². The van der Waals surface area contributed by atoms with Crippen LogP contribution in [-0.4, -0.2) is 25.0 Å². The Kier molecular flexibility index (Phi) is 2.26. The summed E-state index contributed by atoms with van der Waals surface area (Å²) in [4.78, 5) is 18.3. The molecule has 0 spiro atoms. The normalized spacial score (nSPS) is 10.9. The molecule has 2 heterocycles. The Bertz CT molecular complexity index is 486. The Labute approximate surface area is 80.0 Å². The summed E-state index contributed by atoms with van der Waals surface area (Å²) in [5.74, 6) is 0. The molecular weight excluding hydrogens is 182 g/mol. The van der Waals surface area contributed by atoms with E-state index in [1.165, 1.54) is 11.0 Å². The summed E-state index contributed by atoms with van der Waals surface area (Å²) < 4.78 is 1.37. The number of aromatic amines is 1. The van der Waals surface area contributed by atoms with Crippen molar-refractivity contribution < 1.29 is 0 Å². The standard InChI is InChI=1S/C8H11N5O/c1-2-3-4-13-8(14)6-7(11-12-13)10-5-9-6/h5H,2-4H2,1H3,(H,9,10). The molecule has 6 heteroatoms. The largest absolute Gasteiger partial charge is 0.339 e. The van der Waals surface area contributed by atoms with Crippen LogP contribution in [0.4, 0.5) is 0 Å². The second kappa shape index (κ2) is 3.57. The number of rotatable bonds is 3. The van der Waals surface area contributed by atoms with E-state index < -0.39 is 0 Å². The van der Waals surface area contributed by atoms with Crippen molar-refractivity contribution in [3.8, 4) is 0 Å². The molecule has 2 aromatic rings. The summed E-state index contributed by atoms with van der Waals surface area (Å²) in [5.41, 5.74) is 0.653. The van der Waals surface area contributed by atoms with Gasteiger partial charge in [0, 0.05) is 6.54 Å². The average molecular weight is 193 g/mol. The predicted octanol–water partition coefficient (Wildman–Crippen LogP) is 0.315. The quantitative estimate of drug-likeness (QED) is 0.761. The molecule has 0 atom stereocenters. The molecule has 0 aromatic carbocycles. The third-order valence-electron chi connectivity index (χ3n) is 2.04. The van der Waals surface area contributed by atoms with Gasteiger partial charge in [0.2, 0.25) is 5.65 Å². The molecule has 14 heavy (non-hydrogen) atoms. The number of H-pyrrole nitrogens is 1. The number of nitrogens with one attached hydrogen (secondary N) is 1. The molecule has 0 saturated carbocycles. The van der Waals surface area contributed by atoms with Gasteiger partial charge in [0.05, 0.1) is 6.33 Å². The smallest absolute Gasteiger partial charge is 0.295 e. The molecule has 1 N–H and O–H groups in total. The predicted molar refractivity (Wildman–Crippen MR) is 50.9 cm³/mol. The summed E-state index contributed by atoms with van der Waals surface area (Å²) in [6.07, 6.45) is 3.40. The fraction of sp³-hybridized carbons (Fsp3) is 0.500. The van der Waals surface area contributed by atoms with Crippen molar-refractivity contribution in [1.82, 2.24) is 25.0 Å². The highest BCUT2D eigenvalue weighted by atomic mass is 16.1. The van der Waals surface area contributed by atoms with E-state index >= 15 is 0 Å². The van der Waals surface area contributed by atoms with Gasteiger partial charge in [0.1, 0.15) is 0 Å². The maximum Gasteiger partial charge on any atom is 0.295 e. The first kappa shape index (κ1) is 8.86. The Morgan fingerprint density at radius 2 is 2.43 bits per heavy atom. The number of aromatic nitrogens is 5. The van der Waals surface area contributed by atoms with Crippen molar-refractivity contribution in [1.29, 1.82) is 0 Å². The third kappa shape index (κ3) is 1.39. The minimum absolute atomic E-state index is 0.152. The van der Waals surface area contributed by atoms with Crippen LogP contribution in [0.25, 0.3) is 11.2 Å². The number of hydrogen-bond donors (Lipinski definition) is 1. The van der Waals surface area contributed by atoms with Gasteiger partial charge in [0.15, 0.2) is 5.52 Å². The van der Waals surface area contributed by atoms with Gasteiger partial charge in [-0.2, -0.15) is 0 Å². The van der Waals surface area contributed by atoms with Gasteiger partial charge in [0.25, 0.3) is 5.56 Å². The van der Waals surface area contributed by atoms with Crippen LogP contribution in [-0.2, 0) is 6.54 Å². The van der Waals surface area contributed by atoms with Crippen LogP contribution in [0.5, 0.6) is 0 Å². The number of nitrogens with zero attached hydrogens (tertiary/aromatic N) is 4. The second-order valence-electron chi connectivity index (χ2n) is 3.07. The number of aryl methyl sites for hydroxylation is 1. The first-order valence-electron chi connectivity index (χ1n) is 4.60. The SMILES string of the molecule is CCCCn1nnc2nc[nH]c2c1=O. The van der Waals surface area contributed by atoms with E-state index in [1.54, 1.807) is 0 Å². The lowest BCUT2D eigenvalue weighted by Gasteiger charge is -1.99. The molecule has 0 unspecified atom stereocenters. The fourth-order valence-electron chi connectivity index (χ4n) is 1.24. The van der Waals surface area contributed by atoms with Crippen molar-refractivity contribution in [3.63, 3.8) is 0 Å². The van der Waals surface area contributed by atoms with Crippen molar-refractivity contribution in [3.05, 3.63) is 16.7 Å². The molecule has 0 amide bonds. The Morgan fingerprint density at radius 1 is 1.57 bits per heavy atom. The van der Waals surface area contributed by atoms with Gasteiger partial charge in [-0.15, -0.1) is 5.10 Å². The van der Waals surface area contributed by atoms with Crippen molar-refractivity contribution in [2.24, 2.45) is 0 Å². The van der Waals surface area contributed by atoms with E-state index in [0.717, 1.165) is 12.8 Å². The van der Waals surface area contributed by atoms with Crippen molar-refractivity contribution in [2.75, 3.05) is 0 Å². The summed E-state index contributed by atoms with van der Waals surface area (Å²) in [5, 5.41) is 7.61. The van der Waals surface area contributed by atoms with Gasteiger partial charge in [-0.1, -0.05) is 18.6 Å². The van der Waals surface area contributed by atoms with E-state index in [1.807, 2.05) is 0 Å². The zero-order valence-electron chi connectivity index (χ0n) is 7.90. The second-order valence-corrected chi connectivity index (χ2v) is 3.07. The average Bonchev–Trinajstić information content (AvgIpc) is 2.66. The zero-order valence-corrected chi connectivity index (χ0v) is 7.90. The highest BCUT2D eigenvalue weighted by Crippen LogP contribution is 1.96. The highest BCUT2D eigenvalue weighted by molar-refractivity contribution is 5.67. The van der Waals surface area contributed by atoms with Gasteiger partial charge < -0.3 is 4.98 Å². The molecule has 0 saturated heterocycles. The number of unbranched alkanes of at least 4 members (excludes halogenated alkanes) is 1. The van der Waals surface area contributed by atoms with Crippen molar-refractivity contribution >= 4 is 11.2 Å². The lowest BCUT2D eigenvalue weighted by atomic mass is 10.3. The van der Waals surface area contributed by atoms with Crippen LogP contribution in [0.2, 0.25) is 0 Å². The van der Waals surface area contributed by atoms with Crippen LogP contribution in [0.1, 0.15) is 19.8 Å². The third-order valence-corrected chi connectivity index (χ3v) is 2.04. The minimum Gasteiger partial charge on any atom is -0.339 e. The van der Waals surface area contributed by atoms with Crippen LogP contribution in [0, 0.1) is 0 Å². The first-order chi connectivity index (χ1) is 6.83. The lowest BCUT2D eigenvalue weighted by molar-refractivity contribution is 0.519. The maximum atomic E-state index is 11.7. The molecule has 2 aromatic heterocycles. The van der Waals surface area contributed by atoms with E-state index in [2.05, 4.69) is 27.2 Å². The molecule has 0 radical (unpaired) electrons. The molecule has 0 bridgehead atoms. The topological polar surface area (TPSA) is 76.5 Å². The fourth-order valence-corrected chi connectivity index (χ4v) is 1.24. The van der Waals surface area contributed by atoms with Crippen LogP contribution >= 0.6 is 0 Å². The number of hydrogen-bond acceptors (Lipinski definition) is 4. The molecule has 0 fully saturated rings. The lowest BCUT2D eigenvalue weighted by Crippen LogP contribution is -2.24. The van der Waals surface area contributed by atoms with Crippen LogP contribution in [0.15, 0.2) is 11.1 Å². The van der Waals surface area contributed by atoms with Crippen molar-refractivity contribution in [2.45, 2.75) is 26.3 Å². The summed E-state index contributed by atoms with van der Waals surface area (Å²) >= 11 is 0. The van der Waals surface area contributed by atoms with E-state index in [0.29, 0.717) is 17.7 Å². The van der Waals surface area contributed by atoms with Gasteiger partial charge in [-0.25, -0.2) is 9.67 Å². The van der Waals surface area contributed by atoms with Gasteiger partial charge >= 0.3 is 0 Å². The Hall–Kier alpha value is -1.72. The molecule has 0 aliphatic heterocycles. The summed E-state index contributed by atoms with van der Waals surface area (Å²) in [7, 11) is 0. The zero-order chi connectivity index (χ0) is 9.97. The van der Waals surface area contributed by atoms with Crippen LogP contribution < -0.4 is 5.56 Å². The van der Waals surface area contributed by atoms with Crippen LogP contribution in [0.3, 0.4) is 0 Å². The maximum absolute atomic E-state index is 11.7. The Morgan fingerprint density at radius 3 is 3.21 bits per heavy atom. The highest BCUT2D eigenvalue weighted by Gasteiger charge is 2.06. The molecule has 6 nitrogen and oxygen atoms in total. The molecule has 0 aliphatic carbocycles. The molecule has 2 rings (SSSR count). The monoisotopic (exact) mass is 193 g/mol. The Balaban J connectivity index is 2.46. The molecule has 0 aliphatic rings. The summed E-state index contributed by atoms with van der Waals surface area (Å²) in [6, 6.07) is 0. The molecular formula is C8H11N5O. The van der Waals surface area contributed by atoms with Gasteiger partial charge in [-0.05, 0) is 6.42 Å². The van der Waals surface area contributed by atoms with E-state index in [9.17, 15) is 4.79 Å².